The van der Waals surface area contributed by atoms with Crippen LogP contribution in [0.4, 0.5) is 11.6 Å². The van der Waals surface area contributed by atoms with E-state index in [4.69, 9.17) is 14.7 Å². The van der Waals surface area contributed by atoms with E-state index in [-0.39, 0.29) is 6.10 Å². The van der Waals surface area contributed by atoms with Gasteiger partial charge in [0.25, 0.3) is 0 Å². The summed E-state index contributed by atoms with van der Waals surface area (Å²) in [5, 5.41) is 0. The van der Waals surface area contributed by atoms with E-state index >= 15 is 0 Å². The van der Waals surface area contributed by atoms with Gasteiger partial charge in [-0.3, -0.25) is 0 Å². The van der Waals surface area contributed by atoms with Crippen LogP contribution in [-0.2, 0) is 12.8 Å². The molecule has 1 aromatic carbocycles. The highest BCUT2D eigenvalue weighted by Crippen LogP contribution is 2.30. The molecule has 1 aliphatic carbocycles. The van der Waals surface area contributed by atoms with E-state index in [9.17, 15) is 0 Å². The number of hydrogen-bond acceptors (Lipinski definition) is 5. The van der Waals surface area contributed by atoms with E-state index < -0.39 is 0 Å². The van der Waals surface area contributed by atoms with Crippen molar-refractivity contribution in [2.75, 3.05) is 36.0 Å². The number of aromatic nitrogens is 2. The maximum Gasteiger partial charge on any atom is 0.229 e. The summed E-state index contributed by atoms with van der Waals surface area (Å²) >= 11 is 0. The summed E-state index contributed by atoms with van der Waals surface area (Å²) in [4.78, 5) is 14.5. The van der Waals surface area contributed by atoms with E-state index in [1.165, 1.54) is 29.8 Å². The van der Waals surface area contributed by atoms with Crippen LogP contribution in [-0.4, -0.2) is 42.3 Å². The minimum atomic E-state index is 0.138. The molecular weight excluding hydrogens is 324 g/mol. The van der Waals surface area contributed by atoms with Gasteiger partial charge in [-0.15, -0.1) is 0 Å². The molecule has 0 atom stereocenters. The zero-order chi connectivity index (χ0) is 17.9. The summed E-state index contributed by atoms with van der Waals surface area (Å²) in [5.74, 6) is 1.65. The van der Waals surface area contributed by atoms with Gasteiger partial charge in [-0.1, -0.05) is 18.2 Å². The Morgan fingerprint density at radius 3 is 2.31 bits per heavy atom. The molecule has 0 radical (unpaired) electrons. The molecule has 5 heteroatoms. The summed E-state index contributed by atoms with van der Waals surface area (Å²) in [5.41, 5.74) is 3.72. The maximum absolute atomic E-state index is 6.05. The van der Waals surface area contributed by atoms with Gasteiger partial charge in [0, 0.05) is 37.4 Å². The van der Waals surface area contributed by atoms with Crippen LogP contribution >= 0.6 is 0 Å². The van der Waals surface area contributed by atoms with Crippen LogP contribution in [0.5, 0.6) is 5.88 Å². The Morgan fingerprint density at radius 1 is 0.885 bits per heavy atom. The number of anilines is 2. The van der Waals surface area contributed by atoms with Crippen LogP contribution < -0.4 is 14.5 Å². The molecule has 2 aliphatic rings. The first kappa shape index (κ1) is 17.1. The zero-order valence-corrected chi connectivity index (χ0v) is 15.8. The normalized spacial score (nSPS) is 17.3. The third-order valence-corrected chi connectivity index (χ3v) is 5.16. The highest BCUT2D eigenvalue weighted by Gasteiger charge is 2.24. The second-order valence-electron chi connectivity index (χ2n) is 7.44. The Kier molecular flexibility index (Phi) is 4.96. The van der Waals surface area contributed by atoms with Gasteiger partial charge in [-0.25, -0.2) is 4.98 Å². The molecule has 1 aliphatic heterocycles. The largest absolute Gasteiger partial charge is 0.475 e. The smallest absolute Gasteiger partial charge is 0.229 e. The fraction of sp³-hybridized carbons (Fsp3) is 0.524. The van der Waals surface area contributed by atoms with Gasteiger partial charge < -0.3 is 14.5 Å². The van der Waals surface area contributed by atoms with Crippen molar-refractivity contribution in [3.8, 4) is 5.88 Å². The summed E-state index contributed by atoms with van der Waals surface area (Å²) < 4.78 is 6.05. The summed E-state index contributed by atoms with van der Waals surface area (Å²) in [6.45, 7) is 7.99. The lowest BCUT2D eigenvalue weighted by molar-refractivity contribution is 0.228. The van der Waals surface area contributed by atoms with Crippen molar-refractivity contribution in [1.82, 2.24) is 9.97 Å². The van der Waals surface area contributed by atoms with E-state index in [2.05, 4.69) is 54.0 Å². The number of rotatable bonds is 4. The van der Waals surface area contributed by atoms with E-state index in [0.29, 0.717) is 0 Å². The number of nitrogens with zero attached hydrogens (tertiary/aromatic N) is 4. The molecule has 4 rings (SSSR count). The van der Waals surface area contributed by atoms with Crippen LogP contribution in [0.2, 0.25) is 0 Å². The van der Waals surface area contributed by atoms with Gasteiger partial charge >= 0.3 is 0 Å². The predicted molar refractivity (Wildman–Crippen MR) is 105 cm³/mol. The molecule has 1 saturated heterocycles. The Hall–Kier alpha value is -2.30. The molecule has 1 aromatic heterocycles. The summed E-state index contributed by atoms with van der Waals surface area (Å²) in [6.07, 6.45) is 4.65. The van der Waals surface area contributed by atoms with Gasteiger partial charge in [0.2, 0.25) is 11.8 Å². The molecule has 0 spiro atoms. The first-order valence-electron chi connectivity index (χ1n) is 9.82. The number of para-hydroxylation sites is 1. The van der Waals surface area contributed by atoms with Gasteiger partial charge in [0.15, 0.2) is 0 Å². The Labute approximate surface area is 156 Å². The van der Waals surface area contributed by atoms with E-state index in [1.807, 2.05) is 0 Å². The van der Waals surface area contributed by atoms with Gasteiger partial charge in [-0.05, 0) is 51.7 Å². The Balaban J connectivity index is 1.53. The number of aryl methyl sites for hydroxylation is 1. The molecule has 2 aromatic rings. The molecule has 5 nitrogen and oxygen atoms in total. The molecule has 1 fully saturated rings. The topological polar surface area (TPSA) is 41.5 Å². The molecule has 0 bridgehead atoms. The van der Waals surface area contributed by atoms with Crippen molar-refractivity contribution in [2.45, 2.75) is 45.6 Å². The second kappa shape index (κ2) is 7.52. The maximum atomic E-state index is 6.05. The molecule has 0 amide bonds. The number of fused-ring (bicyclic) bond motifs is 1. The Bertz CT molecular complexity index is 739. The van der Waals surface area contributed by atoms with Crippen molar-refractivity contribution in [3.05, 3.63) is 41.6 Å². The molecule has 0 N–H and O–H groups in total. The van der Waals surface area contributed by atoms with Crippen molar-refractivity contribution >= 4 is 11.6 Å². The Morgan fingerprint density at radius 2 is 1.58 bits per heavy atom. The summed E-state index contributed by atoms with van der Waals surface area (Å²) in [6, 6.07) is 10.6. The monoisotopic (exact) mass is 352 g/mol. The van der Waals surface area contributed by atoms with Crippen LogP contribution in [0.25, 0.3) is 0 Å². The van der Waals surface area contributed by atoms with Crippen molar-refractivity contribution < 1.29 is 4.74 Å². The van der Waals surface area contributed by atoms with Crippen molar-refractivity contribution in [1.29, 1.82) is 0 Å². The lowest BCUT2D eigenvalue weighted by Gasteiger charge is -2.36. The highest BCUT2D eigenvalue weighted by atomic mass is 16.5. The first-order chi connectivity index (χ1) is 12.7. The fourth-order valence-electron chi connectivity index (χ4n) is 3.81. The highest BCUT2D eigenvalue weighted by molar-refractivity contribution is 5.49. The fourth-order valence-corrected chi connectivity index (χ4v) is 3.81. The van der Waals surface area contributed by atoms with Gasteiger partial charge in [-0.2, -0.15) is 4.98 Å². The molecular formula is C21H28N4O. The lowest BCUT2D eigenvalue weighted by atomic mass is 9.97. The number of ether oxygens (including phenoxy) is 1. The third-order valence-electron chi connectivity index (χ3n) is 5.16. The predicted octanol–water partition coefficient (Wildman–Crippen LogP) is 3.47. The molecule has 2 heterocycles. The molecule has 26 heavy (non-hydrogen) atoms. The molecule has 138 valence electrons. The van der Waals surface area contributed by atoms with Crippen LogP contribution in [0.1, 0.15) is 37.9 Å². The first-order valence-corrected chi connectivity index (χ1v) is 9.82. The van der Waals surface area contributed by atoms with Crippen LogP contribution in [0.15, 0.2) is 30.3 Å². The zero-order valence-electron chi connectivity index (χ0n) is 15.8. The van der Waals surface area contributed by atoms with Gasteiger partial charge in [0.1, 0.15) is 0 Å². The van der Waals surface area contributed by atoms with Crippen molar-refractivity contribution in [3.63, 3.8) is 0 Å². The number of piperazine rings is 1. The lowest BCUT2D eigenvalue weighted by Crippen LogP contribution is -2.47. The van der Waals surface area contributed by atoms with Crippen molar-refractivity contribution in [2.24, 2.45) is 0 Å². The van der Waals surface area contributed by atoms with Gasteiger partial charge in [0.05, 0.1) is 11.8 Å². The van der Waals surface area contributed by atoms with E-state index in [0.717, 1.165) is 50.8 Å². The average Bonchev–Trinajstić information content (AvgIpc) is 2.68. The van der Waals surface area contributed by atoms with E-state index in [1.54, 1.807) is 0 Å². The average molecular weight is 352 g/mol. The van der Waals surface area contributed by atoms with Crippen LogP contribution in [0, 0.1) is 0 Å². The third kappa shape index (κ3) is 3.62. The molecule has 0 unspecified atom stereocenters. The standard InChI is InChI=1S/C21H28N4O/c1-16(2)26-20-18-10-6-7-11-19(18)22-21(23-20)25-14-12-24(13-15-25)17-8-4-3-5-9-17/h3-5,8-9,16H,6-7,10-15H2,1-2H3. The molecule has 0 saturated carbocycles. The quantitative estimate of drug-likeness (QED) is 0.843. The minimum absolute atomic E-state index is 0.138. The number of hydrogen-bond donors (Lipinski definition) is 0. The summed E-state index contributed by atoms with van der Waals surface area (Å²) in [7, 11) is 0. The van der Waals surface area contributed by atoms with Crippen LogP contribution in [0.3, 0.4) is 0 Å². The SMILES string of the molecule is CC(C)Oc1nc(N2CCN(c3ccccc3)CC2)nc2c1CCCC2. The second-order valence-corrected chi connectivity index (χ2v) is 7.44. The number of benzene rings is 1. The minimum Gasteiger partial charge on any atom is -0.475 e.